The molecule has 17 heavy (non-hydrogen) atoms. The summed E-state index contributed by atoms with van der Waals surface area (Å²) in [6.45, 7) is 5.31. The van der Waals surface area contributed by atoms with Gasteiger partial charge in [-0.05, 0) is 39.2 Å². The molecule has 1 aromatic heterocycles. The molecule has 2 heterocycles. The largest absolute Gasteiger partial charge is 0.351 e. The molecule has 5 heteroatoms. The lowest BCUT2D eigenvalue weighted by Gasteiger charge is -2.27. The number of nitrogens with zero attached hydrogens (tertiary/aromatic N) is 4. The maximum absolute atomic E-state index is 4.14. The Balaban J connectivity index is 1.74. The Labute approximate surface area is 102 Å². The molecule has 1 aliphatic carbocycles. The summed E-state index contributed by atoms with van der Waals surface area (Å²) in [6, 6.07) is 1.37. The molecule has 1 saturated heterocycles. The van der Waals surface area contributed by atoms with Crippen molar-refractivity contribution in [3.8, 4) is 0 Å². The van der Waals surface area contributed by atoms with Gasteiger partial charge in [0.25, 0.3) is 0 Å². The zero-order valence-corrected chi connectivity index (χ0v) is 10.5. The lowest BCUT2D eigenvalue weighted by molar-refractivity contribution is 0.552. The van der Waals surface area contributed by atoms with Crippen LogP contribution in [0.15, 0.2) is 6.20 Å². The first-order valence-corrected chi connectivity index (χ1v) is 6.77. The Morgan fingerprint density at radius 2 is 2.35 bits per heavy atom. The standard InChI is InChI=1S/C12H21N5/c1-2-17-12(8-14-15-17)16(11-5-6-11)9-10-4-3-7-13-10/h8,10-11,13H,2-7,9H2,1H3. The fraction of sp³-hybridized carbons (Fsp3) is 0.833. The van der Waals surface area contributed by atoms with Gasteiger partial charge in [-0.3, -0.25) is 0 Å². The molecule has 0 aromatic carbocycles. The molecule has 1 N–H and O–H groups in total. The lowest BCUT2D eigenvalue weighted by atomic mass is 10.2. The molecule has 1 saturated carbocycles. The first-order chi connectivity index (χ1) is 8.38. The summed E-state index contributed by atoms with van der Waals surface area (Å²) in [5.74, 6) is 1.20. The average Bonchev–Trinajstić information content (AvgIpc) is 2.89. The van der Waals surface area contributed by atoms with Crippen molar-refractivity contribution < 1.29 is 0 Å². The van der Waals surface area contributed by atoms with Crippen LogP contribution in [-0.4, -0.2) is 40.2 Å². The van der Waals surface area contributed by atoms with Gasteiger partial charge < -0.3 is 10.2 Å². The van der Waals surface area contributed by atoms with E-state index < -0.39 is 0 Å². The van der Waals surface area contributed by atoms with E-state index in [0.717, 1.165) is 19.1 Å². The average molecular weight is 235 g/mol. The number of aryl methyl sites for hydroxylation is 1. The normalized spacial score (nSPS) is 24.2. The van der Waals surface area contributed by atoms with Crippen LogP contribution in [0.5, 0.6) is 0 Å². The lowest BCUT2D eigenvalue weighted by Crippen LogP contribution is -2.40. The van der Waals surface area contributed by atoms with Crippen LogP contribution in [0.25, 0.3) is 0 Å². The van der Waals surface area contributed by atoms with Crippen molar-refractivity contribution >= 4 is 5.82 Å². The van der Waals surface area contributed by atoms with E-state index >= 15 is 0 Å². The molecule has 1 aromatic rings. The van der Waals surface area contributed by atoms with Gasteiger partial charge in [0.05, 0.1) is 6.20 Å². The molecule has 0 bridgehead atoms. The van der Waals surface area contributed by atoms with Crippen molar-refractivity contribution in [2.45, 2.75) is 51.2 Å². The number of rotatable bonds is 5. The van der Waals surface area contributed by atoms with Crippen LogP contribution in [0, 0.1) is 0 Å². The molecule has 94 valence electrons. The third kappa shape index (κ3) is 2.29. The zero-order valence-electron chi connectivity index (χ0n) is 10.5. The quantitative estimate of drug-likeness (QED) is 0.827. The molecule has 1 unspecified atom stereocenters. The highest BCUT2D eigenvalue weighted by molar-refractivity contribution is 5.40. The minimum atomic E-state index is 0.649. The summed E-state index contributed by atoms with van der Waals surface area (Å²) < 4.78 is 2.01. The first-order valence-electron chi connectivity index (χ1n) is 6.77. The van der Waals surface area contributed by atoms with Gasteiger partial charge >= 0.3 is 0 Å². The predicted octanol–water partition coefficient (Wildman–Crippen LogP) is 1.02. The van der Waals surface area contributed by atoms with Crippen molar-refractivity contribution in [3.63, 3.8) is 0 Å². The molecule has 1 aliphatic heterocycles. The summed E-state index contributed by atoms with van der Waals surface area (Å²) >= 11 is 0. The Morgan fingerprint density at radius 3 is 3.00 bits per heavy atom. The van der Waals surface area contributed by atoms with Gasteiger partial charge in [-0.25, -0.2) is 4.68 Å². The van der Waals surface area contributed by atoms with E-state index in [1.54, 1.807) is 0 Å². The van der Waals surface area contributed by atoms with Crippen molar-refractivity contribution in [1.29, 1.82) is 0 Å². The third-order valence-electron chi connectivity index (χ3n) is 3.76. The highest BCUT2D eigenvalue weighted by Crippen LogP contribution is 2.31. The molecule has 3 rings (SSSR count). The second kappa shape index (κ2) is 4.64. The van der Waals surface area contributed by atoms with Crippen LogP contribution >= 0.6 is 0 Å². The van der Waals surface area contributed by atoms with E-state index in [9.17, 15) is 0 Å². The minimum Gasteiger partial charge on any atom is -0.351 e. The van der Waals surface area contributed by atoms with Gasteiger partial charge in [-0.1, -0.05) is 5.21 Å². The van der Waals surface area contributed by atoms with Gasteiger partial charge in [0.2, 0.25) is 0 Å². The Kier molecular flexibility index (Phi) is 3.01. The number of hydrogen-bond donors (Lipinski definition) is 1. The number of nitrogens with one attached hydrogen (secondary N) is 1. The molecule has 2 aliphatic rings. The van der Waals surface area contributed by atoms with Crippen LogP contribution in [-0.2, 0) is 6.54 Å². The van der Waals surface area contributed by atoms with Crippen molar-refractivity contribution in [3.05, 3.63) is 6.20 Å². The first kappa shape index (κ1) is 11.0. The van der Waals surface area contributed by atoms with E-state index in [-0.39, 0.29) is 0 Å². The second-order valence-corrected chi connectivity index (χ2v) is 5.08. The number of anilines is 1. The summed E-state index contributed by atoms with van der Waals surface area (Å²) in [5.41, 5.74) is 0. The maximum Gasteiger partial charge on any atom is 0.147 e. The summed E-state index contributed by atoms with van der Waals surface area (Å²) in [7, 11) is 0. The molecule has 0 spiro atoms. The molecule has 2 fully saturated rings. The molecular formula is C12H21N5. The van der Waals surface area contributed by atoms with Crippen LogP contribution in [0.3, 0.4) is 0 Å². The highest BCUT2D eigenvalue weighted by Gasteiger charge is 2.33. The van der Waals surface area contributed by atoms with E-state index in [0.29, 0.717) is 6.04 Å². The van der Waals surface area contributed by atoms with E-state index in [1.165, 1.54) is 38.0 Å². The number of aromatic nitrogens is 3. The van der Waals surface area contributed by atoms with Gasteiger partial charge in [0.1, 0.15) is 5.82 Å². The van der Waals surface area contributed by atoms with Crippen molar-refractivity contribution in [2.75, 3.05) is 18.0 Å². The number of hydrogen-bond acceptors (Lipinski definition) is 4. The summed E-state index contributed by atoms with van der Waals surface area (Å²) in [6.07, 6.45) is 7.17. The molecule has 0 radical (unpaired) electrons. The molecule has 1 atom stereocenters. The van der Waals surface area contributed by atoms with E-state index in [4.69, 9.17) is 0 Å². The molecule has 0 amide bonds. The summed E-state index contributed by atoms with van der Waals surface area (Å²) in [5, 5.41) is 11.8. The van der Waals surface area contributed by atoms with Gasteiger partial charge in [0.15, 0.2) is 0 Å². The van der Waals surface area contributed by atoms with Crippen molar-refractivity contribution in [1.82, 2.24) is 20.3 Å². The monoisotopic (exact) mass is 235 g/mol. The molecular weight excluding hydrogens is 214 g/mol. The van der Waals surface area contributed by atoms with E-state index in [1.807, 2.05) is 10.9 Å². The fourth-order valence-corrected chi connectivity index (χ4v) is 2.67. The fourth-order valence-electron chi connectivity index (χ4n) is 2.67. The molecule has 5 nitrogen and oxygen atoms in total. The highest BCUT2D eigenvalue weighted by atomic mass is 15.5. The van der Waals surface area contributed by atoms with Crippen LogP contribution in [0.4, 0.5) is 5.82 Å². The van der Waals surface area contributed by atoms with Gasteiger partial charge in [-0.15, -0.1) is 5.10 Å². The Morgan fingerprint density at radius 1 is 1.47 bits per heavy atom. The predicted molar refractivity (Wildman–Crippen MR) is 67.1 cm³/mol. The Hall–Kier alpha value is -1.10. The van der Waals surface area contributed by atoms with Crippen LogP contribution in [0.1, 0.15) is 32.6 Å². The van der Waals surface area contributed by atoms with Crippen LogP contribution < -0.4 is 10.2 Å². The minimum absolute atomic E-state index is 0.649. The topological polar surface area (TPSA) is 46.0 Å². The second-order valence-electron chi connectivity index (χ2n) is 5.08. The smallest absolute Gasteiger partial charge is 0.147 e. The zero-order chi connectivity index (χ0) is 11.7. The SMILES string of the molecule is CCn1nncc1N(CC1CCCN1)C1CC1. The van der Waals surface area contributed by atoms with E-state index in [2.05, 4.69) is 27.5 Å². The summed E-state index contributed by atoms with van der Waals surface area (Å²) in [4.78, 5) is 2.51. The van der Waals surface area contributed by atoms with Crippen LogP contribution in [0.2, 0.25) is 0 Å². The van der Waals surface area contributed by atoms with Crippen molar-refractivity contribution in [2.24, 2.45) is 0 Å². The maximum atomic E-state index is 4.14. The van der Waals surface area contributed by atoms with Gasteiger partial charge in [-0.2, -0.15) is 0 Å². The third-order valence-corrected chi connectivity index (χ3v) is 3.76. The van der Waals surface area contributed by atoms with Gasteiger partial charge in [0, 0.05) is 25.2 Å². The Bertz CT molecular complexity index is 365.